The van der Waals surface area contributed by atoms with E-state index < -0.39 is 0 Å². The molecule has 0 saturated carbocycles. The van der Waals surface area contributed by atoms with Crippen LogP contribution in [0.3, 0.4) is 0 Å². The Bertz CT molecular complexity index is 789. The number of carbonyl (C=O) groups is 1. The number of nitrogens with one attached hydrogen (secondary N) is 1. The van der Waals surface area contributed by atoms with Gasteiger partial charge in [-0.3, -0.25) is 9.48 Å². The molecule has 7 heteroatoms. The monoisotopic (exact) mass is 346 g/mol. The fraction of sp³-hybridized carbons (Fsp3) is 0.312. The van der Waals surface area contributed by atoms with Crippen LogP contribution in [0.15, 0.2) is 29.1 Å². The molecule has 0 aromatic carbocycles. The number of nitrogens with zero attached hydrogens (tertiary/aromatic N) is 3. The maximum absolute atomic E-state index is 12.3. The number of hydrogen-bond donors (Lipinski definition) is 1. The zero-order valence-electron chi connectivity index (χ0n) is 13.1. The molecule has 3 aromatic heterocycles. The lowest BCUT2D eigenvalue weighted by Gasteiger charge is -2.04. The van der Waals surface area contributed by atoms with E-state index in [4.69, 9.17) is 0 Å². The Morgan fingerprint density at radius 3 is 2.96 bits per heavy atom. The van der Waals surface area contributed by atoms with E-state index in [0.717, 1.165) is 29.1 Å². The molecular formula is C16H18N4OS2. The first-order valence-corrected chi connectivity index (χ1v) is 9.16. The number of thiazole rings is 1. The fourth-order valence-corrected chi connectivity index (χ4v) is 3.84. The van der Waals surface area contributed by atoms with E-state index in [2.05, 4.69) is 15.4 Å². The van der Waals surface area contributed by atoms with Gasteiger partial charge < -0.3 is 5.32 Å². The number of thiophene rings is 1. The van der Waals surface area contributed by atoms with E-state index in [1.54, 1.807) is 34.4 Å². The van der Waals surface area contributed by atoms with Crippen LogP contribution in [0.2, 0.25) is 0 Å². The second kappa shape index (κ2) is 7.06. The van der Waals surface area contributed by atoms with Crippen LogP contribution in [-0.2, 0) is 13.5 Å². The Morgan fingerprint density at radius 2 is 2.26 bits per heavy atom. The van der Waals surface area contributed by atoms with E-state index in [9.17, 15) is 4.79 Å². The van der Waals surface area contributed by atoms with Gasteiger partial charge in [0.25, 0.3) is 5.91 Å². The predicted octanol–water partition coefficient (Wildman–Crippen LogP) is 3.28. The molecule has 1 amide bonds. The highest BCUT2D eigenvalue weighted by atomic mass is 32.1. The maximum atomic E-state index is 12.3. The molecule has 1 N–H and O–H groups in total. The summed E-state index contributed by atoms with van der Waals surface area (Å²) in [7, 11) is 1.80. The van der Waals surface area contributed by atoms with E-state index in [-0.39, 0.29) is 5.91 Å². The molecule has 0 saturated heterocycles. The van der Waals surface area contributed by atoms with Crippen LogP contribution < -0.4 is 5.32 Å². The van der Waals surface area contributed by atoms with Gasteiger partial charge in [-0.2, -0.15) is 5.10 Å². The van der Waals surface area contributed by atoms with Crippen LogP contribution >= 0.6 is 22.7 Å². The maximum Gasteiger partial charge on any atom is 0.269 e. The molecule has 0 aliphatic heterocycles. The number of aromatic nitrogens is 3. The smallest absolute Gasteiger partial charge is 0.269 e. The Hall–Kier alpha value is -1.99. The van der Waals surface area contributed by atoms with Crippen molar-refractivity contribution in [3.8, 4) is 10.6 Å². The summed E-state index contributed by atoms with van der Waals surface area (Å²) in [5.41, 5.74) is 4.38. The number of aryl methyl sites for hydroxylation is 3. The largest absolute Gasteiger partial charge is 0.351 e. The normalized spacial score (nSPS) is 10.9. The van der Waals surface area contributed by atoms with Crippen LogP contribution in [0.1, 0.15) is 27.5 Å². The minimum atomic E-state index is -0.0798. The molecule has 3 aromatic rings. The molecule has 0 aliphatic rings. The van der Waals surface area contributed by atoms with Gasteiger partial charge in [0.15, 0.2) is 0 Å². The summed E-state index contributed by atoms with van der Waals surface area (Å²) >= 11 is 3.29. The van der Waals surface area contributed by atoms with Gasteiger partial charge in [-0.1, -0.05) is 6.07 Å². The van der Waals surface area contributed by atoms with Crippen molar-refractivity contribution in [2.75, 3.05) is 6.54 Å². The highest BCUT2D eigenvalue weighted by molar-refractivity contribution is 7.13. The van der Waals surface area contributed by atoms with Crippen molar-refractivity contribution in [2.45, 2.75) is 19.8 Å². The third-order valence-corrected chi connectivity index (χ3v) is 5.48. The molecular weight excluding hydrogens is 328 g/mol. The van der Waals surface area contributed by atoms with Crippen molar-refractivity contribution in [1.29, 1.82) is 0 Å². The van der Waals surface area contributed by atoms with Crippen LogP contribution in [0.5, 0.6) is 0 Å². The average Bonchev–Trinajstić information content (AvgIpc) is 3.24. The van der Waals surface area contributed by atoms with E-state index in [0.29, 0.717) is 12.2 Å². The molecule has 5 nitrogen and oxygen atoms in total. The van der Waals surface area contributed by atoms with Crippen LogP contribution in [0, 0.1) is 6.92 Å². The number of hydrogen-bond acceptors (Lipinski definition) is 5. The number of amides is 1. The second-order valence-corrected chi connectivity index (χ2v) is 7.12. The summed E-state index contributed by atoms with van der Waals surface area (Å²) in [5.74, 6) is -0.0798. The quantitative estimate of drug-likeness (QED) is 0.697. The first-order valence-electron chi connectivity index (χ1n) is 7.40. The number of carbonyl (C=O) groups excluding carboxylic acids is 1. The molecule has 0 unspecified atom stereocenters. The van der Waals surface area contributed by atoms with Gasteiger partial charge in [0, 0.05) is 18.5 Å². The fourth-order valence-electron chi connectivity index (χ4n) is 2.33. The minimum Gasteiger partial charge on any atom is -0.351 e. The highest BCUT2D eigenvalue weighted by Gasteiger charge is 2.14. The minimum absolute atomic E-state index is 0.0798. The van der Waals surface area contributed by atoms with Gasteiger partial charge in [0.2, 0.25) is 0 Å². The van der Waals surface area contributed by atoms with Crippen LogP contribution in [0.25, 0.3) is 10.6 Å². The van der Waals surface area contributed by atoms with E-state index in [1.165, 1.54) is 4.88 Å². The van der Waals surface area contributed by atoms with Crippen molar-refractivity contribution in [2.24, 2.45) is 7.05 Å². The lowest BCUT2D eigenvalue weighted by Crippen LogP contribution is -2.26. The van der Waals surface area contributed by atoms with Crippen LogP contribution in [-0.4, -0.2) is 27.2 Å². The summed E-state index contributed by atoms with van der Waals surface area (Å²) < 4.78 is 1.64. The third kappa shape index (κ3) is 3.68. The molecule has 23 heavy (non-hydrogen) atoms. The first-order chi connectivity index (χ1) is 11.1. The Morgan fingerprint density at radius 1 is 1.39 bits per heavy atom. The Labute approximate surface area is 143 Å². The molecule has 0 radical (unpaired) electrons. The van der Waals surface area contributed by atoms with Gasteiger partial charge in [0.05, 0.1) is 16.1 Å². The zero-order valence-corrected chi connectivity index (χ0v) is 14.7. The molecule has 3 rings (SSSR count). The standard InChI is InChI=1S/C16H18N4OS2/c1-11-14(23-10-18-11)5-3-7-17-16(21)13-9-12(19-20(13)2)15-6-4-8-22-15/h4,6,8-10H,3,5,7H2,1-2H3,(H,17,21). The molecule has 0 spiro atoms. The highest BCUT2D eigenvalue weighted by Crippen LogP contribution is 2.23. The van der Waals surface area contributed by atoms with Gasteiger partial charge >= 0.3 is 0 Å². The molecule has 0 atom stereocenters. The molecule has 0 aliphatic carbocycles. The lowest BCUT2D eigenvalue weighted by molar-refractivity contribution is 0.0944. The molecule has 0 bridgehead atoms. The summed E-state index contributed by atoms with van der Waals surface area (Å²) in [4.78, 5) is 18.9. The van der Waals surface area contributed by atoms with Crippen molar-refractivity contribution in [1.82, 2.24) is 20.1 Å². The van der Waals surface area contributed by atoms with E-state index >= 15 is 0 Å². The van der Waals surface area contributed by atoms with Gasteiger partial charge in [-0.05, 0) is 37.3 Å². The number of rotatable bonds is 6. The van der Waals surface area contributed by atoms with Gasteiger partial charge in [-0.15, -0.1) is 22.7 Å². The average molecular weight is 346 g/mol. The SMILES string of the molecule is Cc1ncsc1CCCNC(=O)c1cc(-c2cccs2)nn1C. The van der Waals surface area contributed by atoms with Crippen molar-refractivity contribution >= 4 is 28.6 Å². The van der Waals surface area contributed by atoms with Crippen molar-refractivity contribution < 1.29 is 4.79 Å². The topological polar surface area (TPSA) is 59.8 Å². The lowest BCUT2D eigenvalue weighted by atomic mass is 10.2. The van der Waals surface area contributed by atoms with Crippen molar-refractivity contribution in [3.63, 3.8) is 0 Å². The molecule has 120 valence electrons. The molecule has 3 heterocycles. The third-order valence-electron chi connectivity index (χ3n) is 3.60. The summed E-state index contributed by atoms with van der Waals surface area (Å²) in [5, 5.41) is 9.39. The molecule has 0 fully saturated rings. The Balaban J connectivity index is 1.55. The van der Waals surface area contributed by atoms with E-state index in [1.807, 2.05) is 36.0 Å². The predicted molar refractivity (Wildman–Crippen MR) is 94.0 cm³/mol. The summed E-state index contributed by atoms with van der Waals surface area (Å²) in [6.45, 7) is 2.67. The van der Waals surface area contributed by atoms with Gasteiger partial charge in [-0.25, -0.2) is 4.98 Å². The Kier molecular flexibility index (Phi) is 4.88. The second-order valence-electron chi connectivity index (χ2n) is 5.24. The summed E-state index contributed by atoms with van der Waals surface area (Å²) in [6, 6.07) is 5.83. The van der Waals surface area contributed by atoms with Crippen molar-refractivity contribution in [3.05, 3.63) is 45.4 Å². The first kappa shape index (κ1) is 15.9. The summed E-state index contributed by atoms with van der Waals surface area (Å²) in [6.07, 6.45) is 1.85. The van der Waals surface area contributed by atoms with Gasteiger partial charge in [0.1, 0.15) is 11.4 Å². The van der Waals surface area contributed by atoms with Crippen LogP contribution in [0.4, 0.5) is 0 Å². The zero-order chi connectivity index (χ0) is 16.2.